The van der Waals surface area contributed by atoms with Crippen LogP contribution in [0.1, 0.15) is 55.5 Å². The summed E-state index contributed by atoms with van der Waals surface area (Å²) in [6.45, 7) is 6.61. The van der Waals surface area contributed by atoms with E-state index >= 15 is 0 Å². The van der Waals surface area contributed by atoms with Crippen LogP contribution in [0, 0.1) is 5.41 Å². The Hall–Kier alpha value is -4.32. The molecular formula is C33H35N3O3. The highest BCUT2D eigenvalue weighted by Crippen LogP contribution is 2.40. The number of hydrogen-bond acceptors (Lipinski definition) is 3. The van der Waals surface area contributed by atoms with Gasteiger partial charge in [0.05, 0.1) is 17.0 Å². The Balaban J connectivity index is 1.68. The van der Waals surface area contributed by atoms with Crippen molar-refractivity contribution in [3.05, 3.63) is 112 Å². The molecule has 0 aliphatic rings. The highest BCUT2D eigenvalue weighted by molar-refractivity contribution is 5.88. The molecular weight excluding hydrogens is 486 g/mol. The van der Waals surface area contributed by atoms with Crippen molar-refractivity contribution in [2.24, 2.45) is 12.5 Å². The van der Waals surface area contributed by atoms with Crippen molar-refractivity contribution in [1.29, 1.82) is 0 Å². The Labute approximate surface area is 228 Å². The van der Waals surface area contributed by atoms with Gasteiger partial charge in [0.25, 0.3) is 5.56 Å². The topological polar surface area (TPSA) is 87.1 Å². The third-order valence-corrected chi connectivity index (χ3v) is 7.26. The molecule has 0 aliphatic heterocycles. The summed E-state index contributed by atoms with van der Waals surface area (Å²) in [5, 5.41) is 16.3. The number of para-hydroxylation sites is 2. The number of aromatic amines is 1. The molecule has 0 spiro atoms. The van der Waals surface area contributed by atoms with E-state index < -0.39 is 5.92 Å². The second-order valence-corrected chi connectivity index (χ2v) is 11.4. The average Bonchev–Trinajstić information content (AvgIpc) is 3.27. The molecule has 0 radical (unpaired) electrons. The van der Waals surface area contributed by atoms with Crippen molar-refractivity contribution in [3.8, 4) is 5.75 Å². The number of amides is 1. The van der Waals surface area contributed by atoms with Crippen LogP contribution in [0.25, 0.3) is 21.8 Å². The van der Waals surface area contributed by atoms with Crippen LogP contribution in [0.15, 0.2) is 83.7 Å². The van der Waals surface area contributed by atoms with Crippen molar-refractivity contribution < 1.29 is 9.90 Å². The van der Waals surface area contributed by atoms with Gasteiger partial charge in [0, 0.05) is 42.0 Å². The van der Waals surface area contributed by atoms with Crippen LogP contribution in [0.4, 0.5) is 0 Å². The zero-order valence-electron chi connectivity index (χ0n) is 22.9. The summed E-state index contributed by atoms with van der Waals surface area (Å²) in [6, 6.07) is 25.2. The summed E-state index contributed by atoms with van der Waals surface area (Å²) in [5.74, 6) is -0.530. The first-order valence-corrected chi connectivity index (χ1v) is 13.4. The number of hydrogen-bond donors (Lipinski definition) is 3. The van der Waals surface area contributed by atoms with Crippen LogP contribution < -0.4 is 10.9 Å². The number of carbonyl (C=O) groups excluding carboxylic acids is 1. The molecule has 0 saturated heterocycles. The molecule has 200 valence electrons. The number of carbonyl (C=O) groups is 1. The lowest BCUT2D eigenvalue weighted by atomic mass is 9.85. The van der Waals surface area contributed by atoms with Crippen LogP contribution in [-0.4, -0.2) is 27.1 Å². The maximum atomic E-state index is 13.9. The first kappa shape index (κ1) is 26.3. The highest BCUT2D eigenvalue weighted by Gasteiger charge is 2.30. The molecule has 39 heavy (non-hydrogen) atoms. The highest BCUT2D eigenvalue weighted by atomic mass is 16.3. The first-order valence-electron chi connectivity index (χ1n) is 13.4. The third kappa shape index (κ3) is 5.19. The molecule has 3 N–H and O–H groups in total. The molecule has 5 aromatic rings. The molecule has 1 atom stereocenters. The standard InChI is InChI=1S/C33H35N3O3/c1-33(2,3)20-27(37)34-19-18-23-22-14-8-10-16-25(22)35-30(23)28(21-12-6-5-7-13-21)29-31(38)24-15-9-11-17-26(24)36(4)32(29)39/h5-17,28,35,38H,18-20H2,1-4H3,(H,34,37). The summed E-state index contributed by atoms with van der Waals surface area (Å²) >= 11 is 0. The van der Waals surface area contributed by atoms with E-state index in [0.29, 0.717) is 35.9 Å². The van der Waals surface area contributed by atoms with Crippen molar-refractivity contribution in [1.82, 2.24) is 14.9 Å². The minimum Gasteiger partial charge on any atom is -0.507 e. The number of rotatable bonds is 7. The molecule has 2 aromatic heterocycles. The second-order valence-electron chi connectivity index (χ2n) is 11.4. The minimum absolute atomic E-state index is 0.00867. The summed E-state index contributed by atoms with van der Waals surface area (Å²) in [6.07, 6.45) is 1.02. The van der Waals surface area contributed by atoms with Crippen LogP contribution >= 0.6 is 0 Å². The minimum atomic E-state index is -0.540. The molecule has 0 saturated carbocycles. The fourth-order valence-corrected chi connectivity index (χ4v) is 5.49. The Morgan fingerprint density at radius 3 is 2.31 bits per heavy atom. The van der Waals surface area contributed by atoms with E-state index in [1.165, 1.54) is 0 Å². The van der Waals surface area contributed by atoms with Crippen molar-refractivity contribution >= 4 is 27.7 Å². The lowest BCUT2D eigenvalue weighted by Crippen LogP contribution is -2.29. The molecule has 3 aromatic carbocycles. The fourth-order valence-electron chi connectivity index (χ4n) is 5.49. The van der Waals surface area contributed by atoms with Gasteiger partial charge in [-0.15, -0.1) is 0 Å². The quantitative estimate of drug-likeness (QED) is 0.245. The van der Waals surface area contributed by atoms with E-state index in [0.717, 1.165) is 27.7 Å². The van der Waals surface area contributed by atoms with Gasteiger partial charge >= 0.3 is 0 Å². The van der Waals surface area contributed by atoms with E-state index in [2.05, 4.69) is 16.4 Å². The smallest absolute Gasteiger partial charge is 0.258 e. The normalized spacial score (nSPS) is 12.6. The van der Waals surface area contributed by atoms with E-state index in [-0.39, 0.29) is 22.6 Å². The van der Waals surface area contributed by atoms with E-state index in [1.54, 1.807) is 11.6 Å². The number of benzene rings is 3. The number of H-pyrrole nitrogens is 1. The van der Waals surface area contributed by atoms with Crippen LogP contribution in [0.5, 0.6) is 5.75 Å². The monoisotopic (exact) mass is 521 g/mol. The predicted molar refractivity (Wildman–Crippen MR) is 157 cm³/mol. The van der Waals surface area contributed by atoms with Gasteiger partial charge < -0.3 is 20.0 Å². The van der Waals surface area contributed by atoms with Gasteiger partial charge in [0.1, 0.15) is 5.75 Å². The molecule has 0 aliphatic carbocycles. The Bertz CT molecular complexity index is 1710. The van der Waals surface area contributed by atoms with Crippen LogP contribution in [0.2, 0.25) is 0 Å². The third-order valence-electron chi connectivity index (χ3n) is 7.26. The molecule has 5 rings (SSSR count). The molecule has 0 fully saturated rings. The van der Waals surface area contributed by atoms with Crippen molar-refractivity contribution in [3.63, 3.8) is 0 Å². The average molecular weight is 522 g/mol. The molecule has 6 heteroatoms. The Morgan fingerprint density at radius 1 is 0.949 bits per heavy atom. The molecule has 0 bridgehead atoms. The fraction of sp³-hybridized carbons (Fsp3) is 0.273. The molecule has 1 unspecified atom stereocenters. The number of nitrogens with one attached hydrogen (secondary N) is 2. The molecule has 6 nitrogen and oxygen atoms in total. The number of aromatic hydroxyl groups is 1. The van der Waals surface area contributed by atoms with Gasteiger partial charge in [-0.05, 0) is 41.2 Å². The van der Waals surface area contributed by atoms with Crippen LogP contribution in [0.3, 0.4) is 0 Å². The number of aryl methyl sites for hydroxylation is 1. The Kier molecular flexibility index (Phi) is 7.04. The summed E-state index contributed by atoms with van der Waals surface area (Å²) in [4.78, 5) is 30.0. The molecule has 2 heterocycles. The van der Waals surface area contributed by atoms with Crippen LogP contribution in [-0.2, 0) is 18.3 Å². The van der Waals surface area contributed by atoms with E-state index in [4.69, 9.17) is 0 Å². The second kappa shape index (κ2) is 10.4. The van der Waals surface area contributed by atoms with Gasteiger partial charge in [-0.3, -0.25) is 9.59 Å². The zero-order chi connectivity index (χ0) is 27.7. The SMILES string of the molecule is Cn1c(=O)c(C(c2ccccc2)c2[nH]c3ccccc3c2CCNC(=O)CC(C)(C)C)c(O)c2ccccc21. The number of fused-ring (bicyclic) bond motifs is 2. The maximum absolute atomic E-state index is 13.9. The van der Waals surface area contributed by atoms with E-state index in [9.17, 15) is 14.7 Å². The predicted octanol–water partition coefficient (Wildman–Crippen LogP) is 6.00. The van der Waals surface area contributed by atoms with E-state index in [1.807, 2.05) is 93.6 Å². The Morgan fingerprint density at radius 2 is 1.59 bits per heavy atom. The van der Waals surface area contributed by atoms with Gasteiger partial charge in [0.2, 0.25) is 5.91 Å². The number of nitrogens with zero attached hydrogens (tertiary/aromatic N) is 1. The maximum Gasteiger partial charge on any atom is 0.258 e. The van der Waals surface area contributed by atoms with Gasteiger partial charge in [-0.25, -0.2) is 0 Å². The lowest BCUT2D eigenvalue weighted by Gasteiger charge is -2.22. The number of aromatic nitrogens is 2. The van der Waals surface area contributed by atoms with Gasteiger partial charge in [0.15, 0.2) is 0 Å². The number of pyridine rings is 1. The molecule has 1 amide bonds. The summed E-state index contributed by atoms with van der Waals surface area (Å²) < 4.78 is 1.61. The zero-order valence-corrected chi connectivity index (χ0v) is 22.9. The lowest BCUT2D eigenvalue weighted by molar-refractivity contribution is -0.122. The van der Waals surface area contributed by atoms with Crippen molar-refractivity contribution in [2.45, 2.75) is 39.5 Å². The summed E-state index contributed by atoms with van der Waals surface area (Å²) in [7, 11) is 1.74. The first-order chi connectivity index (χ1) is 18.7. The summed E-state index contributed by atoms with van der Waals surface area (Å²) in [5.41, 5.74) is 4.36. The van der Waals surface area contributed by atoms with Gasteiger partial charge in [-0.1, -0.05) is 81.4 Å². The largest absolute Gasteiger partial charge is 0.507 e. The van der Waals surface area contributed by atoms with Crippen molar-refractivity contribution in [2.75, 3.05) is 6.54 Å². The van der Waals surface area contributed by atoms with Gasteiger partial charge in [-0.2, -0.15) is 0 Å².